The van der Waals surface area contributed by atoms with Gasteiger partial charge >= 0.3 is 0 Å². The van der Waals surface area contributed by atoms with Gasteiger partial charge in [0, 0.05) is 19.7 Å². The highest BCUT2D eigenvalue weighted by Crippen LogP contribution is 2.26. The number of nitrogens with two attached hydrogens (primary N) is 1. The molecule has 22 heavy (non-hydrogen) atoms. The minimum absolute atomic E-state index is 0. The minimum atomic E-state index is -3.46. The van der Waals surface area contributed by atoms with Crippen LogP contribution in [-0.2, 0) is 14.8 Å². The molecular formula is C14H25ClN2O4S. The molecule has 0 aromatic carbocycles. The zero-order valence-electron chi connectivity index (χ0n) is 13.1. The van der Waals surface area contributed by atoms with E-state index in [-0.39, 0.29) is 23.4 Å². The van der Waals surface area contributed by atoms with Crippen LogP contribution in [0.3, 0.4) is 0 Å². The summed E-state index contributed by atoms with van der Waals surface area (Å²) in [6.45, 7) is 5.67. The van der Waals surface area contributed by atoms with Crippen LogP contribution in [0.25, 0.3) is 0 Å². The second-order valence-electron chi connectivity index (χ2n) is 5.39. The second-order valence-corrected chi connectivity index (χ2v) is 7.30. The molecule has 1 fully saturated rings. The molecule has 8 heteroatoms. The van der Waals surface area contributed by atoms with Crippen molar-refractivity contribution in [3.8, 4) is 0 Å². The maximum Gasteiger partial charge on any atom is 0.246 e. The Morgan fingerprint density at radius 3 is 2.50 bits per heavy atom. The van der Waals surface area contributed by atoms with Gasteiger partial charge < -0.3 is 14.9 Å². The van der Waals surface area contributed by atoms with E-state index in [9.17, 15) is 8.42 Å². The maximum atomic E-state index is 12.6. The summed E-state index contributed by atoms with van der Waals surface area (Å²) in [7, 11) is -3.46. The van der Waals surface area contributed by atoms with Crippen LogP contribution >= 0.6 is 12.4 Å². The van der Waals surface area contributed by atoms with Crippen molar-refractivity contribution in [3.05, 3.63) is 17.6 Å². The molecule has 128 valence electrons. The molecule has 1 aromatic heterocycles. The molecule has 0 aliphatic carbocycles. The van der Waals surface area contributed by atoms with E-state index in [4.69, 9.17) is 14.9 Å². The number of piperidine rings is 1. The van der Waals surface area contributed by atoms with Crippen molar-refractivity contribution in [1.82, 2.24) is 4.31 Å². The number of halogens is 1. The van der Waals surface area contributed by atoms with Crippen LogP contribution in [0.15, 0.2) is 15.4 Å². The molecule has 0 radical (unpaired) electrons. The summed E-state index contributed by atoms with van der Waals surface area (Å²) in [5.41, 5.74) is 5.43. The highest BCUT2D eigenvalue weighted by molar-refractivity contribution is 7.89. The molecule has 2 rings (SSSR count). The van der Waals surface area contributed by atoms with Crippen molar-refractivity contribution in [3.63, 3.8) is 0 Å². The Kier molecular flexibility index (Phi) is 7.34. The topological polar surface area (TPSA) is 85.8 Å². The van der Waals surface area contributed by atoms with E-state index < -0.39 is 10.0 Å². The monoisotopic (exact) mass is 352 g/mol. The largest absolute Gasteiger partial charge is 0.465 e. The summed E-state index contributed by atoms with van der Waals surface area (Å²) in [4.78, 5) is 0.280. The Labute approximate surface area is 138 Å². The molecule has 0 bridgehead atoms. The number of hydrogen-bond donors (Lipinski definition) is 1. The van der Waals surface area contributed by atoms with Gasteiger partial charge in [-0.15, -0.1) is 12.4 Å². The van der Waals surface area contributed by atoms with Gasteiger partial charge in [0.2, 0.25) is 10.0 Å². The molecule has 0 amide bonds. The van der Waals surface area contributed by atoms with Crippen LogP contribution in [0.5, 0.6) is 0 Å². The van der Waals surface area contributed by atoms with Crippen LogP contribution in [0.1, 0.15) is 30.8 Å². The van der Waals surface area contributed by atoms with Gasteiger partial charge in [-0.3, -0.25) is 0 Å². The lowest BCUT2D eigenvalue weighted by molar-refractivity contribution is 0.0209. The van der Waals surface area contributed by atoms with Gasteiger partial charge in [0.05, 0.1) is 6.10 Å². The van der Waals surface area contributed by atoms with E-state index in [1.807, 2.05) is 0 Å². The van der Waals surface area contributed by atoms with E-state index in [0.29, 0.717) is 37.8 Å². The summed E-state index contributed by atoms with van der Waals surface area (Å²) >= 11 is 0. The Bertz CT molecular complexity index is 565. The Hall–Kier alpha value is -0.600. The van der Waals surface area contributed by atoms with Crippen molar-refractivity contribution < 1.29 is 17.6 Å². The molecule has 0 spiro atoms. The third kappa shape index (κ3) is 4.45. The van der Waals surface area contributed by atoms with E-state index in [1.165, 1.54) is 4.31 Å². The van der Waals surface area contributed by atoms with Gasteiger partial charge in [-0.2, -0.15) is 4.31 Å². The first-order valence-electron chi connectivity index (χ1n) is 7.34. The number of aryl methyl sites for hydroxylation is 2. The second kappa shape index (κ2) is 8.31. The number of furan rings is 1. The molecule has 2 heterocycles. The van der Waals surface area contributed by atoms with Crippen LogP contribution in [0.4, 0.5) is 0 Å². The maximum absolute atomic E-state index is 12.6. The first-order valence-corrected chi connectivity index (χ1v) is 8.78. The van der Waals surface area contributed by atoms with E-state index in [2.05, 4.69) is 0 Å². The van der Waals surface area contributed by atoms with Gasteiger partial charge in [-0.1, -0.05) is 0 Å². The zero-order chi connectivity index (χ0) is 15.5. The lowest BCUT2D eigenvalue weighted by Gasteiger charge is -2.31. The molecule has 1 aromatic rings. The van der Waals surface area contributed by atoms with Crippen molar-refractivity contribution >= 4 is 22.4 Å². The molecule has 0 saturated carbocycles. The average molecular weight is 353 g/mol. The normalized spacial score (nSPS) is 17.4. The Morgan fingerprint density at radius 2 is 2.00 bits per heavy atom. The zero-order valence-corrected chi connectivity index (χ0v) is 14.7. The van der Waals surface area contributed by atoms with Crippen molar-refractivity contribution in [2.75, 3.05) is 26.2 Å². The van der Waals surface area contributed by atoms with Gasteiger partial charge in [-0.25, -0.2) is 8.42 Å². The van der Waals surface area contributed by atoms with Gasteiger partial charge in [0.1, 0.15) is 16.4 Å². The third-order valence-corrected chi connectivity index (χ3v) is 5.72. The molecule has 0 atom stereocenters. The van der Waals surface area contributed by atoms with Crippen LogP contribution < -0.4 is 5.73 Å². The van der Waals surface area contributed by atoms with Gasteiger partial charge in [0.15, 0.2) is 0 Å². The lowest BCUT2D eigenvalue weighted by atomic mass is 10.1. The molecule has 1 saturated heterocycles. The smallest absolute Gasteiger partial charge is 0.246 e. The average Bonchev–Trinajstić information content (AvgIpc) is 2.79. The molecule has 2 N–H and O–H groups in total. The first-order chi connectivity index (χ1) is 9.95. The van der Waals surface area contributed by atoms with Crippen molar-refractivity contribution in [2.24, 2.45) is 5.73 Å². The van der Waals surface area contributed by atoms with Crippen LogP contribution in [0.2, 0.25) is 0 Å². The summed E-state index contributed by atoms with van der Waals surface area (Å²) in [5.74, 6) is 1.07. The quantitative estimate of drug-likeness (QED) is 0.789. The highest BCUT2D eigenvalue weighted by Gasteiger charge is 2.32. The summed E-state index contributed by atoms with van der Waals surface area (Å²) in [6.07, 6.45) is 2.42. The summed E-state index contributed by atoms with van der Waals surface area (Å²) in [6, 6.07) is 1.59. The Balaban J connectivity index is 0.00000242. The van der Waals surface area contributed by atoms with Crippen LogP contribution in [-0.4, -0.2) is 45.1 Å². The van der Waals surface area contributed by atoms with Crippen molar-refractivity contribution in [1.29, 1.82) is 0 Å². The standard InChI is InChI=1S/C14H24N2O4S.ClH/c1-11-10-14(12(2)20-11)21(17,18)16-7-4-13(5-8-16)19-9-3-6-15;/h10,13H,3-9,15H2,1-2H3;1H. The third-order valence-electron chi connectivity index (χ3n) is 3.72. The molecular weight excluding hydrogens is 328 g/mol. The summed E-state index contributed by atoms with van der Waals surface area (Å²) < 4.78 is 37.7. The first kappa shape index (κ1) is 19.4. The van der Waals surface area contributed by atoms with E-state index in [1.54, 1.807) is 19.9 Å². The Morgan fingerprint density at radius 1 is 1.36 bits per heavy atom. The molecule has 1 aliphatic rings. The molecule has 1 aliphatic heterocycles. The summed E-state index contributed by atoms with van der Waals surface area (Å²) in [5, 5.41) is 0. The number of sulfonamides is 1. The molecule has 0 unspecified atom stereocenters. The SMILES string of the molecule is Cc1cc(S(=O)(=O)N2CCC(OCCCN)CC2)c(C)o1.Cl. The van der Waals surface area contributed by atoms with Crippen LogP contribution in [0, 0.1) is 13.8 Å². The fourth-order valence-electron chi connectivity index (χ4n) is 2.58. The van der Waals surface area contributed by atoms with Gasteiger partial charge in [0.25, 0.3) is 0 Å². The number of ether oxygens (including phenoxy) is 1. The minimum Gasteiger partial charge on any atom is -0.465 e. The number of nitrogens with zero attached hydrogens (tertiary/aromatic N) is 1. The van der Waals surface area contributed by atoms with E-state index >= 15 is 0 Å². The highest BCUT2D eigenvalue weighted by atomic mass is 35.5. The molecule has 6 nitrogen and oxygen atoms in total. The number of hydrogen-bond acceptors (Lipinski definition) is 5. The van der Waals surface area contributed by atoms with Gasteiger partial charge in [-0.05, 0) is 45.7 Å². The predicted molar refractivity (Wildman–Crippen MR) is 86.8 cm³/mol. The van der Waals surface area contributed by atoms with Crippen molar-refractivity contribution in [2.45, 2.75) is 44.1 Å². The fourth-order valence-corrected chi connectivity index (χ4v) is 4.26. The lowest BCUT2D eigenvalue weighted by Crippen LogP contribution is -2.41. The fraction of sp³-hybridized carbons (Fsp3) is 0.714. The predicted octanol–water partition coefficient (Wildman–Crippen LogP) is 1.84. The number of rotatable bonds is 6. The van der Waals surface area contributed by atoms with E-state index in [0.717, 1.165) is 19.3 Å².